The van der Waals surface area contributed by atoms with Crippen LogP contribution < -0.4 is 15.8 Å². The first-order valence-electron chi connectivity index (χ1n) is 4.52. The van der Waals surface area contributed by atoms with Crippen LogP contribution in [0, 0.1) is 0 Å². The smallest absolute Gasteiger partial charge is 0.318 e. The Balaban J connectivity index is 2.64. The Morgan fingerprint density at radius 2 is 2.06 bits per heavy atom. The number of nitrogens with two attached hydrogens (primary N) is 1. The Morgan fingerprint density at radius 1 is 1.44 bits per heavy atom. The molecule has 0 bridgehead atoms. The van der Waals surface area contributed by atoms with Crippen molar-refractivity contribution in [2.75, 3.05) is 0 Å². The Bertz CT molecular complexity index is 409. The van der Waals surface area contributed by atoms with E-state index in [2.05, 4.69) is 0 Å². The lowest BCUT2D eigenvalue weighted by atomic mass is 10.3. The number of ether oxygens (including phenoxy) is 1. The summed E-state index contributed by atoms with van der Waals surface area (Å²) < 4.78 is 5.26. The van der Waals surface area contributed by atoms with E-state index in [-0.39, 0.29) is 0 Å². The second kappa shape index (κ2) is 5.37. The number of primary amides is 1. The average Bonchev–Trinajstić information content (AvgIpc) is 2.20. The van der Waals surface area contributed by atoms with Crippen molar-refractivity contribution in [1.82, 2.24) is 5.32 Å². The van der Waals surface area contributed by atoms with Crippen LogP contribution in [0.15, 0.2) is 24.3 Å². The van der Waals surface area contributed by atoms with Crippen molar-refractivity contribution in [1.29, 1.82) is 0 Å². The summed E-state index contributed by atoms with van der Waals surface area (Å²) in [5.74, 6) is -0.247. The molecule has 3 N–H and O–H groups in total. The highest BCUT2D eigenvalue weighted by Gasteiger charge is 2.16. The Morgan fingerprint density at radius 3 is 2.62 bits per heavy atom. The van der Waals surface area contributed by atoms with Crippen molar-refractivity contribution in [2.24, 2.45) is 5.73 Å². The van der Waals surface area contributed by atoms with Gasteiger partial charge in [-0.2, -0.15) is 0 Å². The van der Waals surface area contributed by atoms with Gasteiger partial charge in [0.1, 0.15) is 5.75 Å². The van der Waals surface area contributed by atoms with E-state index in [9.17, 15) is 9.59 Å². The van der Waals surface area contributed by atoms with E-state index >= 15 is 0 Å². The van der Waals surface area contributed by atoms with Crippen molar-refractivity contribution in [3.63, 3.8) is 0 Å². The molecule has 5 nitrogen and oxygen atoms in total. The predicted octanol–water partition coefficient (Wildman–Crippen LogP) is 1.30. The fraction of sp³-hybridized carbons (Fsp3) is 0.200. The van der Waals surface area contributed by atoms with Crippen LogP contribution in [0.25, 0.3) is 0 Å². The number of rotatable bonds is 3. The molecule has 0 radical (unpaired) electrons. The third-order valence-corrected chi connectivity index (χ3v) is 2.07. The summed E-state index contributed by atoms with van der Waals surface area (Å²) in [5, 5.41) is 2.30. The lowest BCUT2D eigenvalue weighted by Gasteiger charge is -2.14. The zero-order valence-electron chi connectivity index (χ0n) is 8.57. The van der Waals surface area contributed by atoms with Crippen LogP contribution >= 0.6 is 11.6 Å². The maximum Gasteiger partial charge on any atom is 0.318 e. The minimum atomic E-state index is -0.917. The van der Waals surface area contributed by atoms with Crippen molar-refractivity contribution in [3.8, 4) is 5.75 Å². The Labute approximate surface area is 97.5 Å². The molecule has 0 aliphatic rings. The lowest BCUT2D eigenvalue weighted by molar-refractivity contribution is -0.126. The minimum absolute atomic E-state index is 0.372. The molecule has 1 aromatic carbocycles. The summed E-state index contributed by atoms with van der Waals surface area (Å²) in [5.41, 5.74) is 4.80. The normalized spacial score (nSPS) is 11.6. The van der Waals surface area contributed by atoms with Gasteiger partial charge in [-0.3, -0.25) is 10.1 Å². The molecule has 0 saturated heterocycles. The van der Waals surface area contributed by atoms with E-state index in [0.717, 1.165) is 0 Å². The molecule has 86 valence electrons. The zero-order chi connectivity index (χ0) is 12.1. The monoisotopic (exact) mass is 242 g/mol. The number of hydrogen-bond donors (Lipinski definition) is 2. The van der Waals surface area contributed by atoms with Crippen LogP contribution in [0.2, 0.25) is 5.02 Å². The third kappa shape index (κ3) is 3.43. The number of hydrogen-bond acceptors (Lipinski definition) is 3. The summed E-state index contributed by atoms with van der Waals surface area (Å²) in [4.78, 5) is 21.7. The molecular formula is C10H11ClN2O3. The van der Waals surface area contributed by atoms with E-state index in [1.165, 1.54) is 6.92 Å². The molecule has 3 amide bonds. The van der Waals surface area contributed by atoms with Gasteiger partial charge in [-0.25, -0.2) is 4.79 Å². The highest BCUT2D eigenvalue weighted by atomic mass is 35.5. The lowest BCUT2D eigenvalue weighted by Crippen LogP contribution is -2.42. The molecule has 1 rings (SSSR count). The third-order valence-electron chi connectivity index (χ3n) is 1.76. The number of carbonyl (C=O) groups excluding carboxylic acids is 2. The number of para-hydroxylation sites is 1. The van der Waals surface area contributed by atoms with Gasteiger partial charge in [0, 0.05) is 0 Å². The van der Waals surface area contributed by atoms with E-state index in [0.29, 0.717) is 10.8 Å². The summed E-state index contributed by atoms with van der Waals surface area (Å²) in [6.07, 6.45) is -0.854. The molecule has 0 aromatic heterocycles. The fourth-order valence-electron chi connectivity index (χ4n) is 1.01. The first-order chi connectivity index (χ1) is 7.50. The van der Waals surface area contributed by atoms with Crippen molar-refractivity contribution >= 4 is 23.5 Å². The highest BCUT2D eigenvalue weighted by molar-refractivity contribution is 6.32. The van der Waals surface area contributed by atoms with Crippen LogP contribution in [0.5, 0.6) is 5.75 Å². The Kier molecular flexibility index (Phi) is 4.13. The highest BCUT2D eigenvalue weighted by Crippen LogP contribution is 2.24. The average molecular weight is 243 g/mol. The SMILES string of the molecule is C[C@@H](Oc1ccccc1Cl)C(=O)NC(N)=O. The summed E-state index contributed by atoms with van der Waals surface area (Å²) in [6, 6.07) is 5.80. The number of urea groups is 1. The molecule has 16 heavy (non-hydrogen) atoms. The number of carbonyl (C=O) groups is 2. The standard InChI is InChI=1S/C10H11ClN2O3/c1-6(9(14)13-10(12)15)16-8-5-3-2-4-7(8)11/h2-6H,1H3,(H3,12,13,14,15)/t6-/m1/s1. The quantitative estimate of drug-likeness (QED) is 0.838. The van der Waals surface area contributed by atoms with Crippen LogP contribution in [0.4, 0.5) is 4.79 Å². The maximum atomic E-state index is 11.3. The second-order valence-electron chi connectivity index (χ2n) is 3.04. The fourth-order valence-corrected chi connectivity index (χ4v) is 1.19. The maximum absolute atomic E-state index is 11.3. The number of amides is 3. The summed E-state index contributed by atoms with van der Waals surface area (Å²) in [7, 11) is 0. The molecule has 1 atom stereocenters. The molecule has 0 fully saturated rings. The van der Waals surface area contributed by atoms with E-state index in [1.54, 1.807) is 24.3 Å². The number of benzene rings is 1. The van der Waals surface area contributed by atoms with E-state index < -0.39 is 18.0 Å². The Hall–Kier alpha value is -1.75. The van der Waals surface area contributed by atoms with Crippen molar-refractivity contribution < 1.29 is 14.3 Å². The van der Waals surface area contributed by atoms with E-state index in [1.807, 2.05) is 5.32 Å². The summed E-state index contributed by atoms with van der Waals surface area (Å²) >= 11 is 5.83. The van der Waals surface area contributed by atoms with Crippen molar-refractivity contribution in [2.45, 2.75) is 13.0 Å². The van der Waals surface area contributed by atoms with E-state index in [4.69, 9.17) is 22.1 Å². The van der Waals surface area contributed by atoms with Gasteiger partial charge in [0.25, 0.3) is 5.91 Å². The predicted molar refractivity (Wildman–Crippen MR) is 59.3 cm³/mol. The molecule has 0 saturated carbocycles. The largest absolute Gasteiger partial charge is 0.479 e. The van der Waals surface area contributed by atoms with Gasteiger partial charge < -0.3 is 10.5 Å². The number of nitrogens with one attached hydrogen (secondary N) is 1. The van der Waals surface area contributed by atoms with Crippen LogP contribution in [0.3, 0.4) is 0 Å². The molecule has 6 heteroatoms. The van der Waals surface area contributed by atoms with Gasteiger partial charge in [-0.05, 0) is 19.1 Å². The van der Waals surface area contributed by atoms with Gasteiger partial charge in [0.15, 0.2) is 6.10 Å². The molecule has 0 heterocycles. The molecule has 0 spiro atoms. The molecule has 0 unspecified atom stereocenters. The van der Waals surface area contributed by atoms with Crippen molar-refractivity contribution in [3.05, 3.63) is 29.3 Å². The van der Waals surface area contributed by atoms with Gasteiger partial charge >= 0.3 is 6.03 Å². The van der Waals surface area contributed by atoms with Crippen LogP contribution in [-0.4, -0.2) is 18.0 Å². The molecule has 0 aliphatic heterocycles. The molecular weight excluding hydrogens is 232 g/mol. The number of halogens is 1. The number of imide groups is 1. The van der Waals surface area contributed by atoms with Gasteiger partial charge in [-0.15, -0.1) is 0 Å². The van der Waals surface area contributed by atoms with Crippen LogP contribution in [0.1, 0.15) is 6.92 Å². The molecule has 0 aliphatic carbocycles. The zero-order valence-corrected chi connectivity index (χ0v) is 9.32. The first kappa shape index (κ1) is 12.3. The van der Waals surface area contributed by atoms with Crippen LogP contribution in [-0.2, 0) is 4.79 Å². The second-order valence-corrected chi connectivity index (χ2v) is 3.45. The first-order valence-corrected chi connectivity index (χ1v) is 4.90. The summed E-state index contributed by atoms with van der Waals surface area (Å²) in [6.45, 7) is 1.49. The van der Waals surface area contributed by atoms with Gasteiger partial charge in [0.2, 0.25) is 0 Å². The van der Waals surface area contributed by atoms with Gasteiger partial charge in [0.05, 0.1) is 5.02 Å². The minimum Gasteiger partial charge on any atom is -0.479 e. The molecule has 1 aromatic rings. The topological polar surface area (TPSA) is 81.4 Å². The van der Waals surface area contributed by atoms with Gasteiger partial charge in [-0.1, -0.05) is 23.7 Å².